The molecule has 0 spiro atoms. The topological polar surface area (TPSA) is 79.8 Å². The van der Waals surface area contributed by atoms with Crippen molar-refractivity contribution in [1.82, 2.24) is 15.2 Å². The SMILES string of the molecule is O=C(Nc1c(Cl)cccc1Cl)c1ccc(NCc2ccccn2)nn1. The van der Waals surface area contributed by atoms with Crippen molar-refractivity contribution in [1.29, 1.82) is 0 Å². The van der Waals surface area contributed by atoms with Crippen LogP contribution in [0.25, 0.3) is 0 Å². The molecule has 2 heterocycles. The third-order valence-electron chi connectivity index (χ3n) is 3.28. The van der Waals surface area contributed by atoms with Gasteiger partial charge in [-0.15, -0.1) is 10.2 Å². The Hall–Kier alpha value is -2.70. The molecule has 0 aliphatic rings. The fourth-order valence-electron chi connectivity index (χ4n) is 2.03. The number of aromatic nitrogens is 3. The monoisotopic (exact) mass is 373 g/mol. The van der Waals surface area contributed by atoms with E-state index < -0.39 is 5.91 Å². The maximum Gasteiger partial charge on any atom is 0.276 e. The normalized spacial score (nSPS) is 10.3. The number of carbonyl (C=O) groups is 1. The Morgan fingerprint density at radius 3 is 2.40 bits per heavy atom. The lowest BCUT2D eigenvalue weighted by Crippen LogP contribution is -2.15. The average Bonchev–Trinajstić information content (AvgIpc) is 2.64. The summed E-state index contributed by atoms with van der Waals surface area (Å²) in [6.45, 7) is 0.510. The maximum atomic E-state index is 12.2. The van der Waals surface area contributed by atoms with Crippen LogP contribution in [0.2, 0.25) is 10.0 Å². The number of hydrogen-bond acceptors (Lipinski definition) is 5. The predicted molar refractivity (Wildman–Crippen MR) is 98.0 cm³/mol. The van der Waals surface area contributed by atoms with Gasteiger partial charge in [0.25, 0.3) is 5.91 Å². The first-order valence-corrected chi connectivity index (χ1v) is 8.12. The molecule has 0 unspecified atom stereocenters. The van der Waals surface area contributed by atoms with Crippen LogP contribution in [-0.2, 0) is 6.54 Å². The first-order chi connectivity index (χ1) is 12.1. The standard InChI is InChI=1S/C17H13Cl2N5O/c18-12-5-3-6-13(19)16(12)22-17(25)14-7-8-15(24-23-14)21-10-11-4-1-2-9-20-11/h1-9H,10H2,(H,21,24)(H,22,25). The summed E-state index contributed by atoms with van der Waals surface area (Å²) in [7, 11) is 0. The third-order valence-corrected chi connectivity index (χ3v) is 3.91. The molecular weight excluding hydrogens is 361 g/mol. The number of amides is 1. The number of carbonyl (C=O) groups excluding carboxylic acids is 1. The zero-order chi connectivity index (χ0) is 17.6. The van der Waals surface area contributed by atoms with Crippen molar-refractivity contribution >= 4 is 40.6 Å². The molecular formula is C17H13Cl2N5O. The van der Waals surface area contributed by atoms with E-state index in [-0.39, 0.29) is 5.69 Å². The molecule has 0 saturated heterocycles. The number of nitrogens with zero attached hydrogens (tertiary/aromatic N) is 3. The molecule has 0 aliphatic carbocycles. The summed E-state index contributed by atoms with van der Waals surface area (Å²) in [6.07, 6.45) is 1.72. The van der Waals surface area contributed by atoms with Gasteiger partial charge < -0.3 is 10.6 Å². The van der Waals surface area contributed by atoms with Crippen molar-refractivity contribution in [3.8, 4) is 0 Å². The second-order valence-corrected chi connectivity index (χ2v) is 5.84. The molecule has 2 N–H and O–H groups in total. The largest absolute Gasteiger partial charge is 0.363 e. The van der Waals surface area contributed by atoms with Gasteiger partial charge in [0.05, 0.1) is 28.0 Å². The Bertz CT molecular complexity index is 852. The number of hydrogen-bond donors (Lipinski definition) is 2. The van der Waals surface area contributed by atoms with E-state index in [2.05, 4.69) is 25.8 Å². The van der Waals surface area contributed by atoms with Gasteiger partial charge in [-0.25, -0.2) is 0 Å². The number of halogens is 2. The van der Waals surface area contributed by atoms with Crippen LogP contribution >= 0.6 is 23.2 Å². The Balaban J connectivity index is 1.64. The highest BCUT2D eigenvalue weighted by Crippen LogP contribution is 2.30. The molecule has 25 heavy (non-hydrogen) atoms. The highest BCUT2D eigenvalue weighted by molar-refractivity contribution is 6.39. The van der Waals surface area contributed by atoms with E-state index in [4.69, 9.17) is 23.2 Å². The summed E-state index contributed by atoms with van der Waals surface area (Å²) in [5, 5.41) is 14.3. The number of para-hydroxylation sites is 1. The molecule has 3 rings (SSSR count). The number of anilines is 2. The van der Waals surface area contributed by atoms with Gasteiger partial charge in [-0.1, -0.05) is 35.3 Å². The van der Waals surface area contributed by atoms with Gasteiger partial charge in [0.1, 0.15) is 5.82 Å². The summed E-state index contributed by atoms with van der Waals surface area (Å²) in [5.41, 5.74) is 1.37. The van der Waals surface area contributed by atoms with E-state index >= 15 is 0 Å². The molecule has 8 heteroatoms. The Morgan fingerprint density at radius 2 is 1.76 bits per heavy atom. The smallest absolute Gasteiger partial charge is 0.276 e. The molecule has 0 atom stereocenters. The van der Waals surface area contributed by atoms with Gasteiger partial charge in [0, 0.05) is 6.20 Å². The Labute approximate surface area is 154 Å². The van der Waals surface area contributed by atoms with Gasteiger partial charge in [0.15, 0.2) is 5.69 Å². The van der Waals surface area contributed by atoms with Crippen LogP contribution in [0.3, 0.4) is 0 Å². The van der Waals surface area contributed by atoms with E-state index in [1.807, 2.05) is 18.2 Å². The molecule has 3 aromatic rings. The van der Waals surface area contributed by atoms with Crippen LogP contribution in [0, 0.1) is 0 Å². The molecule has 0 radical (unpaired) electrons. The highest BCUT2D eigenvalue weighted by atomic mass is 35.5. The Morgan fingerprint density at radius 1 is 0.960 bits per heavy atom. The van der Waals surface area contributed by atoms with Crippen LogP contribution in [0.15, 0.2) is 54.7 Å². The lowest BCUT2D eigenvalue weighted by molar-refractivity contribution is 0.102. The summed E-state index contributed by atoms with van der Waals surface area (Å²) < 4.78 is 0. The van der Waals surface area contributed by atoms with Crippen molar-refractivity contribution < 1.29 is 4.79 Å². The molecule has 6 nitrogen and oxygen atoms in total. The van der Waals surface area contributed by atoms with Gasteiger partial charge in [-0.05, 0) is 36.4 Å². The van der Waals surface area contributed by atoms with Crippen molar-refractivity contribution in [2.75, 3.05) is 10.6 Å². The van der Waals surface area contributed by atoms with Crippen LogP contribution in [0.5, 0.6) is 0 Å². The van der Waals surface area contributed by atoms with E-state index in [9.17, 15) is 4.79 Å². The minimum absolute atomic E-state index is 0.152. The van der Waals surface area contributed by atoms with Crippen LogP contribution in [0.4, 0.5) is 11.5 Å². The summed E-state index contributed by atoms with van der Waals surface area (Å²) in [6, 6.07) is 13.9. The highest BCUT2D eigenvalue weighted by Gasteiger charge is 2.13. The van der Waals surface area contributed by atoms with Crippen LogP contribution in [-0.4, -0.2) is 21.1 Å². The zero-order valence-electron chi connectivity index (χ0n) is 12.9. The minimum Gasteiger partial charge on any atom is -0.363 e. The fraction of sp³-hybridized carbons (Fsp3) is 0.0588. The van der Waals surface area contributed by atoms with E-state index in [1.54, 1.807) is 36.5 Å². The molecule has 1 aromatic carbocycles. The van der Waals surface area contributed by atoms with Crippen molar-refractivity contribution in [2.24, 2.45) is 0 Å². The van der Waals surface area contributed by atoms with Crippen LogP contribution in [0.1, 0.15) is 16.2 Å². The lowest BCUT2D eigenvalue weighted by Gasteiger charge is -2.09. The van der Waals surface area contributed by atoms with Gasteiger partial charge in [-0.2, -0.15) is 0 Å². The predicted octanol–water partition coefficient (Wildman–Crippen LogP) is 4.04. The quantitative estimate of drug-likeness (QED) is 0.705. The first kappa shape index (κ1) is 17.1. The average molecular weight is 374 g/mol. The number of nitrogens with one attached hydrogen (secondary N) is 2. The second kappa shape index (κ2) is 7.92. The van der Waals surface area contributed by atoms with Gasteiger partial charge in [-0.3, -0.25) is 9.78 Å². The summed E-state index contributed by atoms with van der Waals surface area (Å²) in [5.74, 6) is 0.0942. The fourth-order valence-corrected chi connectivity index (χ4v) is 2.52. The number of rotatable bonds is 5. The molecule has 0 fully saturated rings. The van der Waals surface area contributed by atoms with E-state index in [0.717, 1.165) is 5.69 Å². The molecule has 1 amide bonds. The molecule has 0 bridgehead atoms. The summed E-state index contributed by atoms with van der Waals surface area (Å²) >= 11 is 12.1. The van der Waals surface area contributed by atoms with E-state index in [1.165, 1.54) is 0 Å². The lowest BCUT2D eigenvalue weighted by atomic mass is 10.3. The molecule has 2 aromatic heterocycles. The Kier molecular flexibility index (Phi) is 5.42. The van der Waals surface area contributed by atoms with Gasteiger partial charge >= 0.3 is 0 Å². The summed E-state index contributed by atoms with van der Waals surface area (Å²) in [4.78, 5) is 16.5. The first-order valence-electron chi connectivity index (χ1n) is 7.36. The van der Waals surface area contributed by atoms with Crippen molar-refractivity contribution in [3.63, 3.8) is 0 Å². The van der Waals surface area contributed by atoms with Gasteiger partial charge in [0.2, 0.25) is 0 Å². The van der Waals surface area contributed by atoms with E-state index in [0.29, 0.717) is 28.1 Å². The maximum absolute atomic E-state index is 12.2. The minimum atomic E-state index is -0.446. The molecule has 126 valence electrons. The zero-order valence-corrected chi connectivity index (χ0v) is 14.4. The van der Waals surface area contributed by atoms with Crippen molar-refractivity contribution in [3.05, 3.63) is 76.2 Å². The molecule has 0 aliphatic heterocycles. The third kappa shape index (κ3) is 4.43. The number of pyridine rings is 1. The van der Waals surface area contributed by atoms with Crippen LogP contribution < -0.4 is 10.6 Å². The number of benzene rings is 1. The molecule has 0 saturated carbocycles. The second-order valence-electron chi connectivity index (χ2n) is 5.03. The van der Waals surface area contributed by atoms with Crippen molar-refractivity contribution in [2.45, 2.75) is 6.54 Å².